The molecule has 0 atom stereocenters. The normalized spacial score (nSPS) is 16.9. The number of nitrogens with zero attached hydrogens (tertiary/aromatic N) is 2. The molecule has 7 heteroatoms. The minimum absolute atomic E-state index is 0.0424. The molecule has 1 saturated carbocycles. The zero-order valence-corrected chi connectivity index (χ0v) is 10.3. The number of halogens is 1. The Morgan fingerprint density at radius 2 is 2.31 bits per heavy atom. The lowest BCUT2D eigenvalue weighted by Crippen LogP contribution is -2.20. The van der Waals surface area contributed by atoms with Crippen LogP contribution in [0.4, 0.5) is 11.8 Å². The van der Waals surface area contributed by atoms with E-state index in [1.807, 2.05) is 0 Å². The van der Waals surface area contributed by atoms with Crippen LogP contribution in [0.2, 0.25) is 0 Å². The minimum atomic E-state index is 0.0424. The van der Waals surface area contributed by atoms with Gasteiger partial charge in [-0.05, 0) is 28.8 Å². The van der Waals surface area contributed by atoms with E-state index in [1.165, 1.54) is 0 Å². The lowest BCUT2D eigenvalue weighted by atomic mass is 10.1. The van der Waals surface area contributed by atoms with Crippen LogP contribution in [0.15, 0.2) is 10.7 Å². The van der Waals surface area contributed by atoms with E-state index >= 15 is 0 Å². The summed E-state index contributed by atoms with van der Waals surface area (Å²) >= 11 is 3.35. The summed E-state index contributed by atoms with van der Waals surface area (Å²) in [5.41, 5.74) is 2.43. The number of rotatable bonds is 5. The molecule has 1 fully saturated rings. The van der Waals surface area contributed by atoms with Crippen LogP contribution < -0.4 is 16.6 Å². The van der Waals surface area contributed by atoms with Crippen molar-refractivity contribution in [2.24, 2.45) is 11.3 Å². The number of aliphatic hydroxyl groups is 1. The summed E-state index contributed by atoms with van der Waals surface area (Å²) < 4.78 is 0.778. The van der Waals surface area contributed by atoms with E-state index in [0.29, 0.717) is 18.3 Å². The van der Waals surface area contributed by atoms with Crippen LogP contribution in [0.1, 0.15) is 12.8 Å². The summed E-state index contributed by atoms with van der Waals surface area (Å²) in [5.74, 6) is 6.27. The highest BCUT2D eigenvalue weighted by Crippen LogP contribution is 2.45. The number of nitrogens with two attached hydrogens (primary N) is 1. The first kappa shape index (κ1) is 11.6. The first-order valence-corrected chi connectivity index (χ1v) is 5.82. The number of hydrazine groups is 1. The molecule has 0 amide bonds. The van der Waals surface area contributed by atoms with Gasteiger partial charge in [0.2, 0.25) is 5.95 Å². The standard InChI is InChI=1S/C9H14BrN5O/c10-6-3-12-8(15-11)14-7(6)13-4-9(5-16)1-2-9/h3,16H,1-2,4-5,11H2,(H2,12,13,14,15). The maximum absolute atomic E-state index is 9.19. The van der Waals surface area contributed by atoms with Gasteiger partial charge in [0.05, 0.1) is 11.1 Å². The SMILES string of the molecule is NNc1ncc(Br)c(NCC2(CO)CC2)n1. The van der Waals surface area contributed by atoms with Crippen molar-refractivity contribution in [3.8, 4) is 0 Å². The van der Waals surface area contributed by atoms with E-state index in [2.05, 4.69) is 36.6 Å². The van der Waals surface area contributed by atoms with Crippen LogP contribution in [0.3, 0.4) is 0 Å². The van der Waals surface area contributed by atoms with Crippen molar-refractivity contribution in [3.63, 3.8) is 0 Å². The summed E-state index contributed by atoms with van der Waals surface area (Å²) in [5, 5.41) is 12.4. The van der Waals surface area contributed by atoms with Gasteiger partial charge in [0.15, 0.2) is 0 Å². The number of anilines is 2. The molecule has 0 unspecified atom stereocenters. The zero-order chi connectivity index (χ0) is 11.6. The second kappa shape index (κ2) is 4.52. The molecule has 1 aliphatic rings. The van der Waals surface area contributed by atoms with E-state index in [0.717, 1.165) is 17.3 Å². The fourth-order valence-electron chi connectivity index (χ4n) is 1.40. The monoisotopic (exact) mass is 287 g/mol. The van der Waals surface area contributed by atoms with E-state index in [1.54, 1.807) is 6.20 Å². The quantitative estimate of drug-likeness (QED) is 0.471. The topological polar surface area (TPSA) is 96.1 Å². The van der Waals surface area contributed by atoms with E-state index in [9.17, 15) is 5.11 Å². The van der Waals surface area contributed by atoms with E-state index in [4.69, 9.17) is 5.84 Å². The smallest absolute Gasteiger partial charge is 0.239 e. The summed E-state index contributed by atoms with van der Waals surface area (Å²) in [6, 6.07) is 0. The van der Waals surface area contributed by atoms with Gasteiger partial charge in [-0.15, -0.1) is 0 Å². The number of nitrogens with one attached hydrogen (secondary N) is 2. The number of aliphatic hydroxyl groups excluding tert-OH is 1. The predicted molar refractivity (Wildman–Crippen MR) is 64.8 cm³/mol. The van der Waals surface area contributed by atoms with Crippen molar-refractivity contribution in [2.75, 3.05) is 23.9 Å². The molecular weight excluding hydrogens is 274 g/mol. The fourth-order valence-corrected chi connectivity index (χ4v) is 1.73. The number of hydrogen-bond acceptors (Lipinski definition) is 6. The summed E-state index contributed by atoms with van der Waals surface area (Å²) in [6.07, 6.45) is 3.74. The highest BCUT2D eigenvalue weighted by molar-refractivity contribution is 9.10. The van der Waals surface area contributed by atoms with Gasteiger partial charge in [-0.25, -0.2) is 10.8 Å². The first-order valence-electron chi connectivity index (χ1n) is 5.03. The molecule has 0 aliphatic heterocycles. The van der Waals surface area contributed by atoms with Crippen LogP contribution in [-0.4, -0.2) is 28.2 Å². The van der Waals surface area contributed by atoms with Crippen LogP contribution in [-0.2, 0) is 0 Å². The Kier molecular flexibility index (Phi) is 3.27. The Bertz CT molecular complexity index is 382. The van der Waals surface area contributed by atoms with Crippen molar-refractivity contribution in [3.05, 3.63) is 10.7 Å². The Labute approximate surface area is 102 Å². The molecular formula is C9H14BrN5O. The molecule has 88 valence electrons. The Morgan fingerprint density at radius 3 is 2.88 bits per heavy atom. The number of aromatic nitrogens is 2. The van der Waals surface area contributed by atoms with Gasteiger partial charge in [0.25, 0.3) is 0 Å². The van der Waals surface area contributed by atoms with Crippen molar-refractivity contribution in [1.82, 2.24) is 9.97 Å². The Balaban J connectivity index is 2.03. The summed E-state index contributed by atoms with van der Waals surface area (Å²) in [6.45, 7) is 0.924. The summed E-state index contributed by atoms with van der Waals surface area (Å²) in [4.78, 5) is 8.12. The second-order valence-electron chi connectivity index (χ2n) is 4.05. The van der Waals surface area contributed by atoms with Gasteiger partial charge in [0, 0.05) is 18.2 Å². The van der Waals surface area contributed by atoms with Gasteiger partial charge in [0.1, 0.15) is 5.82 Å². The molecule has 1 heterocycles. The van der Waals surface area contributed by atoms with Crippen LogP contribution >= 0.6 is 15.9 Å². The third-order valence-electron chi connectivity index (χ3n) is 2.80. The largest absolute Gasteiger partial charge is 0.396 e. The second-order valence-corrected chi connectivity index (χ2v) is 4.90. The zero-order valence-electron chi connectivity index (χ0n) is 8.70. The van der Waals surface area contributed by atoms with Gasteiger partial charge < -0.3 is 10.4 Å². The highest BCUT2D eigenvalue weighted by atomic mass is 79.9. The van der Waals surface area contributed by atoms with Crippen LogP contribution in [0.5, 0.6) is 0 Å². The molecule has 1 aliphatic carbocycles. The van der Waals surface area contributed by atoms with Gasteiger partial charge in [-0.1, -0.05) is 0 Å². The Hall–Kier alpha value is -0.920. The molecule has 1 aromatic heterocycles. The number of nitrogen functional groups attached to an aromatic ring is 1. The molecule has 0 saturated heterocycles. The Morgan fingerprint density at radius 1 is 1.56 bits per heavy atom. The third kappa shape index (κ3) is 2.42. The average Bonchev–Trinajstić information content (AvgIpc) is 3.09. The van der Waals surface area contributed by atoms with Gasteiger partial charge >= 0.3 is 0 Å². The maximum atomic E-state index is 9.19. The predicted octanol–water partition coefficient (Wildman–Crippen LogP) is 0.709. The minimum Gasteiger partial charge on any atom is -0.396 e. The first-order chi connectivity index (χ1) is 7.69. The molecule has 16 heavy (non-hydrogen) atoms. The number of hydrogen-bond donors (Lipinski definition) is 4. The molecule has 0 radical (unpaired) electrons. The molecule has 1 aromatic rings. The molecule has 0 aromatic carbocycles. The molecule has 0 bridgehead atoms. The molecule has 2 rings (SSSR count). The molecule has 6 nitrogen and oxygen atoms in total. The van der Waals surface area contributed by atoms with E-state index < -0.39 is 0 Å². The van der Waals surface area contributed by atoms with Crippen LogP contribution in [0.25, 0.3) is 0 Å². The van der Waals surface area contributed by atoms with Gasteiger partial charge in [-0.3, -0.25) is 5.43 Å². The van der Waals surface area contributed by atoms with Crippen LogP contribution in [0, 0.1) is 5.41 Å². The van der Waals surface area contributed by atoms with Crippen molar-refractivity contribution < 1.29 is 5.11 Å². The van der Waals surface area contributed by atoms with Gasteiger partial charge in [-0.2, -0.15) is 4.98 Å². The molecule has 5 N–H and O–H groups in total. The molecule has 0 spiro atoms. The van der Waals surface area contributed by atoms with Crippen molar-refractivity contribution >= 4 is 27.7 Å². The lowest BCUT2D eigenvalue weighted by molar-refractivity contribution is 0.219. The fraction of sp³-hybridized carbons (Fsp3) is 0.556. The van der Waals surface area contributed by atoms with Crippen molar-refractivity contribution in [1.29, 1.82) is 0 Å². The summed E-state index contributed by atoms with van der Waals surface area (Å²) in [7, 11) is 0. The maximum Gasteiger partial charge on any atom is 0.239 e. The lowest BCUT2D eigenvalue weighted by Gasteiger charge is -2.14. The van der Waals surface area contributed by atoms with E-state index in [-0.39, 0.29) is 12.0 Å². The van der Waals surface area contributed by atoms with Crippen molar-refractivity contribution in [2.45, 2.75) is 12.8 Å². The third-order valence-corrected chi connectivity index (χ3v) is 3.38. The highest BCUT2D eigenvalue weighted by Gasteiger charge is 2.41. The average molecular weight is 288 g/mol.